The molecule has 0 aliphatic heterocycles. The fourth-order valence-electron chi connectivity index (χ4n) is 2.17. The Bertz CT molecular complexity index is 867. The third-order valence-electron chi connectivity index (χ3n) is 3.33. The number of carboxylic acid groups (broad SMARTS) is 1. The van der Waals surface area contributed by atoms with Crippen LogP contribution in [0, 0.1) is 10.1 Å². The summed E-state index contributed by atoms with van der Waals surface area (Å²) in [5.74, 6) is -2.43. The summed E-state index contributed by atoms with van der Waals surface area (Å²) in [5.41, 5.74) is -1.98. The number of nitro groups is 1. The highest BCUT2D eigenvalue weighted by Gasteiger charge is 2.32. The fraction of sp³-hybridized carbons (Fsp3) is 0.125. The number of alkyl halides is 3. The van der Waals surface area contributed by atoms with Gasteiger partial charge in [-0.2, -0.15) is 13.2 Å². The molecule has 10 heteroatoms. The number of non-ortho nitro benzene ring substituents is 1. The molecule has 1 N–H and O–H groups in total. The minimum absolute atomic E-state index is 0.224. The van der Waals surface area contributed by atoms with Crippen molar-refractivity contribution in [3.8, 4) is 0 Å². The zero-order valence-electron chi connectivity index (χ0n) is 12.9. The molecule has 136 valence electrons. The summed E-state index contributed by atoms with van der Waals surface area (Å²) in [7, 11) is 0. The number of benzene rings is 2. The van der Waals surface area contributed by atoms with Crippen LogP contribution in [0.4, 0.5) is 24.5 Å². The maximum absolute atomic E-state index is 12.9. The van der Waals surface area contributed by atoms with E-state index in [0.717, 1.165) is 30.3 Å². The second kappa shape index (κ2) is 7.21. The van der Waals surface area contributed by atoms with Gasteiger partial charge in [-0.25, -0.2) is 0 Å². The molecule has 0 saturated carbocycles. The van der Waals surface area contributed by atoms with Crippen molar-refractivity contribution in [3.05, 3.63) is 69.8 Å². The normalized spacial score (nSPS) is 11.0. The van der Waals surface area contributed by atoms with E-state index in [1.165, 1.54) is 12.1 Å². The number of nitro benzene ring substituents is 1. The van der Waals surface area contributed by atoms with Gasteiger partial charge in [0.1, 0.15) is 6.54 Å². The van der Waals surface area contributed by atoms with Crippen LogP contribution in [0.2, 0.25) is 0 Å². The summed E-state index contributed by atoms with van der Waals surface area (Å²) in [6.45, 7) is -0.914. The van der Waals surface area contributed by atoms with Gasteiger partial charge in [-0.05, 0) is 24.3 Å². The summed E-state index contributed by atoms with van der Waals surface area (Å²) in [4.78, 5) is 34.3. The number of carbonyl (C=O) groups excluding carboxylic acids is 1. The van der Waals surface area contributed by atoms with Crippen LogP contribution in [-0.2, 0) is 11.0 Å². The molecule has 0 aliphatic rings. The molecule has 0 saturated heterocycles. The maximum Gasteiger partial charge on any atom is 0.416 e. The lowest BCUT2D eigenvalue weighted by atomic mass is 10.1. The Morgan fingerprint density at radius 2 is 1.77 bits per heavy atom. The van der Waals surface area contributed by atoms with Crippen LogP contribution in [-0.4, -0.2) is 28.5 Å². The van der Waals surface area contributed by atoms with Gasteiger partial charge in [0, 0.05) is 23.4 Å². The second-order valence-electron chi connectivity index (χ2n) is 5.14. The Kier molecular flexibility index (Phi) is 5.24. The molecule has 0 spiro atoms. The average Bonchev–Trinajstić information content (AvgIpc) is 2.58. The van der Waals surface area contributed by atoms with Gasteiger partial charge >= 0.3 is 12.1 Å². The summed E-state index contributed by atoms with van der Waals surface area (Å²) in [6, 6.07) is 8.07. The molecule has 7 nitrogen and oxygen atoms in total. The summed E-state index contributed by atoms with van der Waals surface area (Å²) < 4.78 is 38.6. The molecule has 0 unspecified atom stereocenters. The number of carboxylic acids is 1. The van der Waals surface area contributed by atoms with Gasteiger partial charge in [0.15, 0.2) is 0 Å². The van der Waals surface area contributed by atoms with E-state index in [1.54, 1.807) is 0 Å². The lowest BCUT2D eigenvalue weighted by molar-refractivity contribution is -0.384. The van der Waals surface area contributed by atoms with Gasteiger partial charge in [0.05, 0.1) is 10.5 Å². The number of aliphatic carboxylic acids is 1. The first kappa shape index (κ1) is 18.9. The third-order valence-corrected chi connectivity index (χ3v) is 3.33. The van der Waals surface area contributed by atoms with Gasteiger partial charge in [-0.15, -0.1) is 0 Å². The van der Waals surface area contributed by atoms with E-state index >= 15 is 0 Å². The summed E-state index contributed by atoms with van der Waals surface area (Å²) in [5, 5.41) is 19.8. The van der Waals surface area contributed by atoms with Crippen molar-refractivity contribution in [1.29, 1.82) is 0 Å². The van der Waals surface area contributed by atoms with Crippen molar-refractivity contribution in [2.24, 2.45) is 0 Å². The Morgan fingerprint density at radius 1 is 1.12 bits per heavy atom. The number of halogens is 3. The molecule has 0 bridgehead atoms. The van der Waals surface area contributed by atoms with Gasteiger partial charge in [0.25, 0.3) is 11.6 Å². The third kappa shape index (κ3) is 4.35. The highest BCUT2D eigenvalue weighted by atomic mass is 19.4. The molecular weight excluding hydrogens is 357 g/mol. The Labute approximate surface area is 144 Å². The molecule has 0 radical (unpaired) electrons. The van der Waals surface area contributed by atoms with E-state index in [4.69, 9.17) is 5.11 Å². The van der Waals surface area contributed by atoms with E-state index in [2.05, 4.69) is 0 Å². The van der Waals surface area contributed by atoms with Crippen LogP contribution >= 0.6 is 0 Å². The number of anilines is 1. The fourth-order valence-corrected chi connectivity index (χ4v) is 2.17. The Hall–Kier alpha value is -3.43. The number of hydrogen-bond donors (Lipinski definition) is 1. The van der Waals surface area contributed by atoms with Crippen LogP contribution in [0.25, 0.3) is 0 Å². The SMILES string of the molecule is O=C(O)CN(C(=O)c1cccc([N+](=O)[O-])c1)c1cccc(C(F)(F)F)c1. The standard InChI is InChI=1S/C16H11F3N2O5/c17-16(18,19)11-4-2-5-12(8-11)20(9-14(22)23)15(24)10-3-1-6-13(7-10)21(25)26/h1-8H,9H2,(H,22,23). The lowest BCUT2D eigenvalue weighted by Gasteiger charge is -2.22. The molecule has 0 aromatic heterocycles. The average molecular weight is 368 g/mol. The monoisotopic (exact) mass is 368 g/mol. The minimum atomic E-state index is -4.68. The number of amides is 1. The first-order chi connectivity index (χ1) is 12.1. The highest BCUT2D eigenvalue weighted by Crippen LogP contribution is 2.32. The van der Waals surface area contributed by atoms with Crippen molar-refractivity contribution in [1.82, 2.24) is 0 Å². The largest absolute Gasteiger partial charge is 0.480 e. The minimum Gasteiger partial charge on any atom is -0.480 e. The van der Waals surface area contributed by atoms with Crippen LogP contribution < -0.4 is 4.90 Å². The van der Waals surface area contributed by atoms with Gasteiger partial charge in [0.2, 0.25) is 0 Å². The van der Waals surface area contributed by atoms with Crippen LogP contribution in [0.5, 0.6) is 0 Å². The molecule has 0 atom stereocenters. The Balaban J connectivity index is 2.48. The van der Waals surface area contributed by atoms with Crippen molar-refractivity contribution >= 4 is 23.3 Å². The van der Waals surface area contributed by atoms with Crippen molar-refractivity contribution in [2.45, 2.75) is 6.18 Å². The maximum atomic E-state index is 12.9. The molecule has 0 fully saturated rings. The van der Waals surface area contributed by atoms with Crippen molar-refractivity contribution < 1.29 is 32.8 Å². The van der Waals surface area contributed by atoms with Gasteiger partial charge in [-0.3, -0.25) is 24.6 Å². The highest BCUT2D eigenvalue weighted by molar-refractivity contribution is 6.08. The summed E-state index contributed by atoms with van der Waals surface area (Å²) in [6.07, 6.45) is -4.68. The number of nitrogens with zero attached hydrogens (tertiary/aromatic N) is 2. The van der Waals surface area contributed by atoms with Gasteiger partial charge < -0.3 is 5.11 Å². The van der Waals surface area contributed by atoms with Gasteiger partial charge in [-0.1, -0.05) is 12.1 Å². The second-order valence-corrected chi connectivity index (χ2v) is 5.14. The van der Waals surface area contributed by atoms with E-state index < -0.39 is 40.8 Å². The smallest absolute Gasteiger partial charge is 0.416 e. The number of hydrogen-bond acceptors (Lipinski definition) is 4. The Morgan fingerprint density at radius 3 is 2.35 bits per heavy atom. The zero-order valence-corrected chi connectivity index (χ0v) is 12.9. The molecule has 0 heterocycles. The predicted octanol–water partition coefficient (Wildman–Crippen LogP) is 3.35. The molecule has 2 aromatic carbocycles. The lowest BCUT2D eigenvalue weighted by Crippen LogP contribution is -2.36. The van der Waals surface area contributed by atoms with Crippen molar-refractivity contribution in [2.75, 3.05) is 11.4 Å². The summed E-state index contributed by atoms with van der Waals surface area (Å²) >= 11 is 0. The molecule has 0 aliphatic carbocycles. The number of rotatable bonds is 5. The quantitative estimate of drug-likeness (QED) is 0.644. The molecule has 1 amide bonds. The molecular formula is C16H11F3N2O5. The van der Waals surface area contributed by atoms with Crippen LogP contribution in [0.3, 0.4) is 0 Å². The molecule has 26 heavy (non-hydrogen) atoms. The van der Waals surface area contributed by atoms with E-state index in [9.17, 15) is 32.9 Å². The molecule has 2 aromatic rings. The van der Waals surface area contributed by atoms with E-state index in [1.807, 2.05) is 0 Å². The van der Waals surface area contributed by atoms with E-state index in [-0.39, 0.29) is 11.3 Å². The topological polar surface area (TPSA) is 101 Å². The number of carbonyl (C=O) groups is 2. The first-order valence-corrected chi connectivity index (χ1v) is 7.05. The molecule has 2 rings (SSSR count). The van der Waals surface area contributed by atoms with E-state index in [0.29, 0.717) is 11.0 Å². The predicted molar refractivity (Wildman–Crippen MR) is 83.9 cm³/mol. The van der Waals surface area contributed by atoms with Crippen LogP contribution in [0.1, 0.15) is 15.9 Å². The first-order valence-electron chi connectivity index (χ1n) is 7.05. The zero-order chi connectivity index (χ0) is 19.5. The van der Waals surface area contributed by atoms with Crippen LogP contribution in [0.15, 0.2) is 48.5 Å². The van der Waals surface area contributed by atoms with Crippen molar-refractivity contribution in [3.63, 3.8) is 0 Å².